The minimum atomic E-state index is -0.184. The van der Waals surface area contributed by atoms with E-state index in [4.69, 9.17) is 4.74 Å². The maximum atomic E-state index is 10.8. The van der Waals surface area contributed by atoms with Gasteiger partial charge in [0.1, 0.15) is 0 Å². The molecule has 0 heterocycles. The normalized spacial score (nSPS) is 13.9. The molecule has 0 amide bonds. The van der Waals surface area contributed by atoms with Gasteiger partial charge in [0, 0.05) is 6.42 Å². The number of hydrogen-bond acceptors (Lipinski definition) is 2. The smallest absolute Gasteiger partial charge is 0.310 e. The fraction of sp³-hybridized carbons (Fsp3) is 0.615. The lowest BCUT2D eigenvalue weighted by atomic mass is 10.1. The van der Waals surface area contributed by atoms with Crippen LogP contribution in [0, 0.1) is 11.8 Å². The van der Waals surface area contributed by atoms with Crippen molar-refractivity contribution in [1.29, 1.82) is 0 Å². The van der Waals surface area contributed by atoms with Crippen LogP contribution in [0.25, 0.3) is 0 Å². The number of carbonyl (C=O) groups is 1. The maximum Gasteiger partial charge on any atom is 0.310 e. The summed E-state index contributed by atoms with van der Waals surface area (Å²) in [5.74, 6) is 0.819. The van der Waals surface area contributed by atoms with Crippen LogP contribution in [0.15, 0.2) is 24.5 Å². The van der Waals surface area contributed by atoms with Gasteiger partial charge in [-0.2, -0.15) is 0 Å². The molecular weight excluding hydrogens is 188 g/mol. The monoisotopic (exact) mass is 210 g/mol. The van der Waals surface area contributed by atoms with Gasteiger partial charge in [0.15, 0.2) is 0 Å². The third kappa shape index (κ3) is 9.26. The topological polar surface area (TPSA) is 26.3 Å². The van der Waals surface area contributed by atoms with Crippen molar-refractivity contribution >= 4 is 5.97 Å². The van der Waals surface area contributed by atoms with Crippen molar-refractivity contribution < 1.29 is 9.53 Å². The number of hydrogen-bond donors (Lipinski definition) is 0. The molecule has 0 aromatic carbocycles. The van der Waals surface area contributed by atoms with Crippen molar-refractivity contribution in [3.8, 4) is 0 Å². The zero-order chi connectivity index (χ0) is 11.7. The van der Waals surface area contributed by atoms with Gasteiger partial charge in [-0.25, -0.2) is 0 Å². The summed E-state index contributed by atoms with van der Waals surface area (Å²) in [6.45, 7) is 8.19. The van der Waals surface area contributed by atoms with E-state index >= 15 is 0 Å². The zero-order valence-corrected chi connectivity index (χ0v) is 10.2. The van der Waals surface area contributed by atoms with Crippen LogP contribution in [-0.4, -0.2) is 5.97 Å². The Morgan fingerprint density at radius 3 is 2.47 bits per heavy atom. The molecule has 0 saturated heterocycles. The van der Waals surface area contributed by atoms with Gasteiger partial charge in [-0.15, -0.1) is 0 Å². The summed E-state index contributed by atoms with van der Waals surface area (Å²) < 4.78 is 4.85. The fourth-order valence-electron chi connectivity index (χ4n) is 0.977. The van der Waals surface area contributed by atoms with E-state index in [2.05, 4.69) is 32.9 Å². The summed E-state index contributed by atoms with van der Waals surface area (Å²) in [4.78, 5) is 10.8. The first-order valence-corrected chi connectivity index (χ1v) is 5.59. The Morgan fingerprint density at radius 2 is 1.93 bits per heavy atom. The zero-order valence-electron chi connectivity index (χ0n) is 10.2. The molecule has 15 heavy (non-hydrogen) atoms. The lowest BCUT2D eigenvalue weighted by molar-refractivity contribution is -0.137. The van der Waals surface area contributed by atoms with Gasteiger partial charge in [-0.3, -0.25) is 4.79 Å². The fourth-order valence-corrected chi connectivity index (χ4v) is 0.977. The summed E-state index contributed by atoms with van der Waals surface area (Å²) in [5.41, 5.74) is 0. The van der Waals surface area contributed by atoms with E-state index in [1.165, 1.54) is 6.26 Å². The molecule has 0 bridgehead atoms. The molecule has 86 valence electrons. The van der Waals surface area contributed by atoms with Crippen molar-refractivity contribution in [1.82, 2.24) is 0 Å². The Hall–Kier alpha value is -1.05. The SMILES string of the molecule is CCC(=O)O/C=C/C(C)C/C=C/C(C)C. The van der Waals surface area contributed by atoms with E-state index in [0.717, 1.165) is 6.42 Å². The second-order valence-corrected chi connectivity index (χ2v) is 4.06. The average Bonchev–Trinajstić information content (AvgIpc) is 2.17. The Morgan fingerprint density at radius 1 is 1.27 bits per heavy atom. The first kappa shape index (κ1) is 13.9. The van der Waals surface area contributed by atoms with E-state index in [-0.39, 0.29) is 5.97 Å². The van der Waals surface area contributed by atoms with Crippen LogP contribution >= 0.6 is 0 Å². The highest BCUT2D eigenvalue weighted by molar-refractivity contribution is 5.69. The Balaban J connectivity index is 3.73. The predicted molar refractivity (Wildman–Crippen MR) is 63.3 cm³/mol. The third-order valence-electron chi connectivity index (χ3n) is 1.92. The van der Waals surface area contributed by atoms with Crippen molar-refractivity contribution in [3.63, 3.8) is 0 Å². The maximum absolute atomic E-state index is 10.8. The molecule has 0 spiro atoms. The summed E-state index contributed by atoms with van der Waals surface area (Å²) >= 11 is 0. The van der Waals surface area contributed by atoms with Gasteiger partial charge < -0.3 is 4.74 Å². The minimum Gasteiger partial charge on any atom is -0.435 e. The molecule has 0 aliphatic rings. The van der Waals surface area contributed by atoms with Crippen LogP contribution in [0.1, 0.15) is 40.5 Å². The van der Waals surface area contributed by atoms with E-state index in [0.29, 0.717) is 18.3 Å². The molecule has 0 radical (unpaired) electrons. The van der Waals surface area contributed by atoms with E-state index in [1.807, 2.05) is 6.08 Å². The van der Waals surface area contributed by atoms with Gasteiger partial charge in [0.05, 0.1) is 6.26 Å². The Bertz CT molecular complexity index is 227. The first-order chi connectivity index (χ1) is 7.06. The van der Waals surface area contributed by atoms with E-state index < -0.39 is 0 Å². The van der Waals surface area contributed by atoms with Crippen molar-refractivity contribution in [3.05, 3.63) is 24.5 Å². The van der Waals surface area contributed by atoms with Gasteiger partial charge in [0.2, 0.25) is 0 Å². The van der Waals surface area contributed by atoms with E-state index in [9.17, 15) is 4.79 Å². The van der Waals surface area contributed by atoms with Gasteiger partial charge in [-0.05, 0) is 24.3 Å². The van der Waals surface area contributed by atoms with Gasteiger partial charge in [0.25, 0.3) is 0 Å². The van der Waals surface area contributed by atoms with Crippen LogP contribution in [0.4, 0.5) is 0 Å². The molecule has 1 unspecified atom stereocenters. The Labute approximate surface area is 93.0 Å². The minimum absolute atomic E-state index is 0.184. The standard InChI is InChI=1S/C13H22O2/c1-5-13(14)15-10-9-12(4)8-6-7-11(2)3/h6-7,9-12H,5,8H2,1-4H3/b7-6+,10-9+. The highest BCUT2D eigenvalue weighted by Gasteiger charge is 1.96. The number of allylic oxidation sites excluding steroid dienone is 3. The molecule has 0 aliphatic carbocycles. The van der Waals surface area contributed by atoms with Crippen molar-refractivity contribution in [2.24, 2.45) is 11.8 Å². The van der Waals surface area contributed by atoms with Crippen molar-refractivity contribution in [2.75, 3.05) is 0 Å². The quantitative estimate of drug-likeness (QED) is 0.379. The van der Waals surface area contributed by atoms with Gasteiger partial charge in [-0.1, -0.05) is 39.8 Å². The van der Waals surface area contributed by atoms with Crippen LogP contribution in [0.2, 0.25) is 0 Å². The average molecular weight is 210 g/mol. The number of esters is 1. The molecule has 0 rings (SSSR count). The summed E-state index contributed by atoms with van der Waals surface area (Å²) in [5, 5.41) is 0. The highest BCUT2D eigenvalue weighted by atomic mass is 16.5. The molecule has 2 nitrogen and oxygen atoms in total. The predicted octanol–water partition coefficient (Wildman–Crippen LogP) is 3.69. The number of ether oxygens (including phenoxy) is 1. The molecule has 0 N–H and O–H groups in total. The molecule has 2 heteroatoms. The molecule has 1 atom stereocenters. The number of carbonyl (C=O) groups excluding carboxylic acids is 1. The van der Waals surface area contributed by atoms with Crippen LogP contribution < -0.4 is 0 Å². The molecule has 0 fully saturated rings. The summed E-state index contributed by atoms with van der Waals surface area (Å²) in [7, 11) is 0. The lowest BCUT2D eigenvalue weighted by Crippen LogP contribution is -1.96. The third-order valence-corrected chi connectivity index (χ3v) is 1.92. The molecule has 0 saturated carbocycles. The number of rotatable bonds is 6. The Kier molecular flexibility index (Phi) is 7.69. The largest absolute Gasteiger partial charge is 0.435 e. The molecule has 0 aliphatic heterocycles. The molecule has 0 aromatic heterocycles. The molecule has 0 aromatic rings. The van der Waals surface area contributed by atoms with E-state index in [1.54, 1.807) is 6.92 Å². The summed E-state index contributed by atoms with van der Waals surface area (Å²) in [6, 6.07) is 0. The van der Waals surface area contributed by atoms with Crippen LogP contribution in [0.5, 0.6) is 0 Å². The summed E-state index contributed by atoms with van der Waals surface area (Å²) in [6.07, 6.45) is 9.17. The van der Waals surface area contributed by atoms with Crippen LogP contribution in [0.3, 0.4) is 0 Å². The van der Waals surface area contributed by atoms with Crippen molar-refractivity contribution in [2.45, 2.75) is 40.5 Å². The first-order valence-electron chi connectivity index (χ1n) is 5.59. The molecular formula is C13H22O2. The second kappa shape index (κ2) is 8.27. The lowest BCUT2D eigenvalue weighted by Gasteiger charge is -2.02. The highest BCUT2D eigenvalue weighted by Crippen LogP contribution is 2.06. The van der Waals surface area contributed by atoms with Gasteiger partial charge >= 0.3 is 5.97 Å². The second-order valence-electron chi connectivity index (χ2n) is 4.06. The van der Waals surface area contributed by atoms with Crippen LogP contribution in [-0.2, 0) is 9.53 Å².